The highest BCUT2D eigenvalue weighted by Gasteiger charge is 2.25. The lowest BCUT2D eigenvalue weighted by molar-refractivity contribution is 0.0950. The van der Waals surface area contributed by atoms with Crippen LogP contribution in [0.5, 0.6) is 0 Å². The maximum absolute atomic E-state index is 13.1. The number of nitrogens with one attached hydrogen (secondary N) is 2. The van der Waals surface area contributed by atoms with Gasteiger partial charge in [-0.2, -0.15) is 0 Å². The van der Waals surface area contributed by atoms with Crippen molar-refractivity contribution in [1.82, 2.24) is 15.5 Å². The smallest absolute Gasteiger partial charge is 0.256 e. The molecule has 1 amide bonds. The predicted octanol–water partition coefficient (Wildman–Crippen LogP) is 6.00. The highest BCUT2D eigenvalue weighted by Crippen LogP contribution is 2.38. The van der Waals surface area contributed by atoms with Gasteiger partial charge in [0.1, 0.15) is 11.3 Å². The van der Waals surface area contributed by atoms with Crippen LogP contribution in [0.2, 0.25) is 0 Å². The summed E-state index contributed by atoms with van der Waals surface area (Å²) < 4.78 is 5.20. The normalized spacial score (nSPS) is 12.1. The summed E-state index contributed by atoms with van der Waals surface area (Å²) in [5.74, 6) is 0.300. The SMILES string of the molecule is Cc1noc(C)c1C(=O)NC[C@H](c1ccccc1)c1c(-c2ccccc2)[nH]c2ccccc12. The average molecular weight is 436 g/mol. The molecule has 0 saturated heterocycles. The molecule has 0 aliphatic heterocycles. The molecule has 164 valence electrons. The van der Waals surface area contributed by atoms with Crippen molar-refractivity contribution < 1.29 is 9.32 Å². The minimum absolute atomic E-state index is 0.0537. The van der Waals surface area contributed by atoms with Crippen LogP contribution in [0.3, 0.4) is 0 Å². The fraction of sp³-hybridized carbons (Fsp3) is 0.143. The number of hydrogen-bond acceptors (Lipinski definition) is 3. The number of rotatable bonds is 6. The number of carbonyl (C=O) groups is 1. The monoisotopic (exact) mass is 435 g/mol. The first kappa shape index (κ1) is 20.8. The van der Waals surface area contributed by atoms with E-state index in [0.29, 0.717) is 23.6 Å². The van der Waals surface area contributed by atoms with Crippen molar-refractivity contribution in [3.8, 4) is 11.3 Å². The molecule has 3 aromatic carbocycles. The number of aromatic amines is 1. The van der Waals surface area contributed by atoms with E-state index in [4.69, 9.17) is 4.52 Å². The second-order valence-electron chi connectivity index (χ2n) is 8.20. The maximum Gasteiger partial charge on any atom is 0.256 e. The van der Waals surface area contributed by atoms with Crippen LogP contribution in [0.1, 0.15) is 38.9 Å². The van der Waals surface area contributed by atoms with Gasteiger partial charge in [0.05, 0.1) is 11.4 Å². The molecule has 5 heteroatoms. The molecule has 1 atom stereocenters. The third-order valence-corrected chi connectivity index (χ3v) is 6.09. The van der Waals surface area contributed by atoms with Crippen LogP contribution < -0.4 is 5.32 Å². The molecule has 0 bridgehead atoms. The molecule has 2 heterocycles. The Morgan fingerprint density at radius 1 is 0.939 bits per heavy atom. The second kappa shape index (κ2) is 8.79. The summed E-state index contributed by atoms with van der Waals surface area (Å²) in [7, 11) is 0. The van der Waals surface area contributed by atoms with Crippen LogP contribution in [-0.2, 0) is 0 Å². The molecule has 0 fully saturated rings. The molecule has 0 aliphatic rings. The highest BCUT2D eigenvalue weighted by molar-refractivity contribution is 5.96. The molecule has 0 aliphatic carbocycles. The number of aromatic nitrogens is 2. The van der Waals surface area contributed by atoms with Gasteiger partial charge < -0.3 is 14.8 Å². The number of hydrogen-bond donors (Lipinski definition) is 2. The number of fused-ring (bicyclic) bond motifs is 1. The Hall–Kier alpha value is -4.12. The largest absolute Gasteiger partial charge is 0.361 e. The van der Waals surface area contributed by atoms with Crippen molar-refractivity contribution in [3.63, 3.8) is 0 Å². The molecule has 0 spiro atoms. The summed E-state index contributed by atoms with van der Waals surface area (Å²) >= 11 is 0. The van der Waals surface area contributed by atoms with Gasteiger partial charge in [-0.05, 0) is 36.6 Å². The van der Waals surface area contributed by atoms with Crippen molar-refractivity contribution in [2.24, 2.45) is 0 Å². The third kappa shape index (κ3) is 3.94. The number of carbonyl (C=O) groups excluding carboxylic acids is 1. The molecule has 0 saturated carbocycles. The van der Waals surface area contributed by atoms with Crippen molar-refractivity contribution in [2.75, 3.05) is 6.54 Å². The van der Waals surface area contributed by atoms with E-state index >= 15 is 0 Å². The summed E-state index contributed by atoms with van der Waals surface area (Å²) in [5.41, 5.74) is 6.66. The summed E-state index contributed by atoms with van der Waals surface area (Å²) in [4.78, 5) is 16.7. The molecule has 5 nitrogen and oxygen atoms in total. The zero-order valence-electron chi connectivity index (χ0n) is 18.6. The van der Waals surface area contributed by atoms with Crippen LogP contribution in [0.4, 0.5) is 0 Å². The molecule has 5 aromatic rings. The predicted molar refractivity (Wildman–Crippen MR) is 130 cm³/mol. The first-order valence-corrected chi connectivity index (χ1v) is 11.1. The van der Waals surface area contributed by atoms with Gasteiger partial charge >= 0.3 is 0 Å². The fourth-order valence-electron chi connectivity index (χ4n) is 4.52. The van der Waals surface area contributed by atoms with Gasteiger partial charge in [0.15, 0.2) is 0 Å². The molecular weight excluding hydrogens is 410 g/mol. The lowest BCUT2D eigenvalue weighted by atomic mass is 9.87. The Balaban J connectivity index is 1.62. The molecule has 2 N–H and O–H groups in total. The second-order valence-corrected chi connectivity index (χ2v) is 8.20. The summed E-state index contributed by atoms with van der Waals surface area (Å²) in [6.45, 7) is 3.98. The van der Waals surface area contributed by atoms with Crippen LogP contribution >= 0.6 is 0 Å². The van der Waals surface area contributed by atoms with Crippen molar-refractivity contribution in [2.45, 2.75) is 19.8 Å². The molecule has 0 unspecified atom stereocenters. The topological polar surface area (TPSA) is 70.9 Å². The van der Waals surface area contributed by atoms with Crippen LogP contribution in [0.15, 0.2) is 89.5 Å². The zero-order valence-corrected chi connectivity index (χ0v) is 18.6. The van der Waals surface area contributed by atoms with Crippen molar-refractivity contribution in [1.29, 1.82) is 0 Å². The van der Waals surface area contributed by atoms with Gasteiger partial charge in [-0.25, -0.2) is 0 Å². The maximum atomic E-state index is 13.1. The summed E-state index contributed by atoms with van der Waals surface area (Å²) in [6.07, 6.45) is 0. The van der Waals surface area contributed by atoms with Gasteiger partial charge in [-0.15, -0.1) is 0 Å². The number of aryl methyl sites for hydroxylation is 2. The van der Waals surface area contributed by atoms with E-state index in [2.05, 4.69) is 57.9 Å². The Morgan fingerprint density at radius 2 is 1.61 bits per heavy atom. The Morgan fingerprint density at radius 3 is 2.30 bits per heavy atom. The standard InChI is InChI=1S/C28H25N3O2/c1-18-25(19(2)33-31-18)28(32)29-17-23(20-11-5-3-6-12-20)26-22-15-9-10-16-24(22)30-27(26)21-13-7-4-8-14-21/h3-16,23,30H,17H2,1-2H3,(H,29,32)/t23-/m1/s1. The Labute approximate surface area is 192 Å². The molecule has 2 aromatic heterocycles. The Bertz CT molecular complexity index is 1380. The van der Waals surface area contributed by atoms with Crippen molar-refractivity contribution in [3.05, 3.63) is 113 Å². The lowest BCUT2D eigenvalue weighted by Crippen LogP contribution is -2.29. The van der Waals surface area contributed by atoms with E-state index in [1.54, 1.807) is 13.8 Å². The summed E-state index contributed by atoms with van der Waals surface area (Å²) in [5, 5.41) is 8.22. The molecular formula is C28H25N3O2. The number of nitrogens with zero attached hydrogens (tertiary/aromatic N) is 1. The third-order valence-electron chi connectivity index (χ3n) is 6.09. The number of benzene rings is 3. The van der Waals surface area contributed by atoms with E-state index < -0.39 is 0 Å². The minimum Gasteiger partial charge on any atom is -0.361 e. The fourth-order valence-corrected chi connectivity index (χ4v) is 4.52. The number of para-hydroxylation sites is 1. The van der Waals surface area contributed by atoms with Crippen LogP contribution in [0, 0.1) is 13.8 Å². The molecule has 33 heavy (non-hydrogen) atoms. The van der Waals surface area contributed by atoms with E-state index in [1.165, 1.54) is 5.56 Å². The van der Waals surface area contributed by atoms with Gasteiger partial charge in [-0.3, -0.25) is 4.79 Å². The number of H-pyrrole nitrogens is 1. The first-order valence-electron chi connectivity index (χ1n) is 11.1. The first-order chi connectivity index (χ1) is 16.1. The molecule has 5 rings (SSSR count). The molecule has 0 radical (unpaired) electrons. The van der Waals surface area contributed by atoms with E-state index in [-0.39, 0.29) is 11.8 Å². The quantitative estimate of drug-likeness (QED) is 0.344. The van der Waals surface area contributed by atoms with Crippen LogP contribution in [-0.4, -0.2) is 22.6 Å². The van der Waals surface area contributed by atoms with Gasteiger partial charge in [0.25, 0.3) is 5.91 Å². The zero-order chi connectivity index (χ0) is 22.8. The van der Waals surface area contributed by atoms with Crippen molar-refractivity contribution >= 4 is 16.8 Å². The van der Waals surface area contributed by atoms with E-state index in [9.17, 15) is 4.79 Å². The minimum atomic E-state index is -0.173. The van der Waals surface area contributed by atoms with Gasteiger partial charge in [-0.1, -0.05) is 84.0 Å². The summed E-state index contributed by atoms with van der Waals surface area (Å²) in [6, 6.07) is 29.0. The Kier molecular flexibility index (Phi) is 5.53. The highest BCUT2D eigenvalue weighted by atomic mass is 16.5. The average Bonchev–Trinajstić information content (AvgIpc) is 3.40. The number of amides is 1. The van der Waals surface area contributed by atoms with Crippen LogP contribution in [0.25, 0.3) is 22.2 Å². The van der Waals surface area contributed by atoms with E-state index in [1.807, 2.05) is 42.5 Å². The lowest BCUT2D eigenvalue weighted by Gasteiger charge is -2.20. The van der Waals surface area contributed by atoms with Gasteiger partial charge in [0, 0.05) is 23.4 Å². The van der Waals surface area contributed by atoms with E-state index in [0.717, 1.165) is 27.7 Å². The van der Waals surface area contributed by atoms with Gasteiger partial charge in [0.2, 0.25) is 0 Å².